The number of hydrogen-bond donors (Lipinski definition) is 0. The number of nitrogens with zero attached hydrogens (tertiary/aromatic N) is 1. The summed E-state index contributed by atoms with van der Waals surface area (Å²) < 4.78 is 0. The first kappa shape index (κ1) is 12.9. The molecule has 1 aliphatic carbocycles. The van der Waals surface area contributed by atoms with E-state index in [9.17, 15) is 0 Å². The van der Waals surface area contributed by atoms with Gasteiger partial charge in [0.15, 0.2) is 0 Å². The molecule has 1 aromatic carbocycles. The van der Waals surface area contributed by atoms with E-state index in [1.165, 1.54) is 32.4 Å². The third-order valence-electron chi connectivity index (χ3n) is 5.16. The summed E-state index contributed by atoms with van der Waals surface area (Å²) in [5.41, 5.74) is 3.35. The third-order valence-corrected chi connectivity index (χ3v) is 5.16. The van der Waals surface area contributed by atoms with Gasteiger partial charge in [-0.05, 0) is 62.6 Å². The zero-order chi connectivity index (χ0) is 13.5. The molecule has 0 saturated carbocycles. The molecule has 1 nitrogen and oxygen atoms in total. The van der Waals surface area contributed by atoms with Gasteiger partial charge in [-0.15, -0.1) is 6.58 Å². The highest BCUT2D eigenvalue weighted by Gasteiger charge is 2.34. The zero-order valence-corrected chi connectivity index (χ0v) is 12.2. The average molecular weight is 255 g/mol. The maximum atomic E-state index is 4.02. The Bertz CT molecular complexity index is 474. The van der Waals surface area contributed by atoms with Gasteiger partial charge in [0, 0.05) is 12.1 Å². The van der Waals surface area contributed by atoms with E-state index in [1.807, 2.05) is 0 Å². The summed E-state index contributed by atoms with van der Waals surface area (Å²) in [4.78, 5) is 2.64. The van der Waals surface area contributed by atoms with Crippen LogP contribution in [0.5, 0.6) is 0 Å². The average Bonchev–Trinajstić information content (AvgIpc) is 2.59. The van der Waals surface area contributed by atoms with Crippen molar-refractivity contribution in [2.24, 2.45) is 5.92 Å². The molecule has 2 bridgehead atoms. The van der Waals surface area contributed by atoms with Crippen LogP contribution in [0, 0.1) is 5.92 Å². The summed E-state index contributed by atoms with van der Waals surface area (Å²) in [7, 11) is 0. The second kappa shape index (κ2) is 4.79. The van der Waals surface area contributed by atoms with Gasteiger partial charge in [0.1, 0.15) is 0 Å². The molecule has 1 aromatic rings. The molecule has 0 spiro atoms. The van der Waals surface area contributed by atoms with Crippen molar-refractivity contribution in [1.82, 2.24) is 4.90 Å². The molecule has 2 aliphatic rings. The lowest BCUT2D eigenvalue weighted by Gasteiger charge is -2.37. The van der Waals surface area contributed by atoms with Gasteiger partial charge in [0.25, 0.3) is 0 Å². The van der Waals surface area contributed by atoms with E-state index in [2.05, 4.69) is 55.7 Å². The number of hydrogen-bond acceptors (Lipinski definition) is 1. The van der Waals surface area contributed by atoms with E-state index in [-0.39, 0.29) is 5.54 Å². The maximum Gasteiger partial charge on any atom is 0.0332 e. The Morgan fingerprint density at radius 1 is 1.32 bits per heavy atom. The summed E-state index contributed by atoms with van der Waals surface area (Å²) in [5.74, 6) is 1.60. The third kappa shape index (κ3) is 2.36. The molecule has 1 heterocycles. The lowest BCUT2D eigenvalue weighted by atomic mass is 9.76. The van der Waals surface area contributed by atoms with Crippen molar-refractivity contribution in [2.75, 3.05) is 13.1 Å². The smallest absolute Gasteiger partial charge is 0.0332 e. The number of rotatable bonds is 2. The predicted molar refractivity (Wildman–Crippen MR) is 81.5 cm³/mol. The molecule has 0 radical (unpaired) electrons. The lowest BCUT2D eigenvalue weighted by molar-refractivity contribution is 0.147. The van der Waals surface area contributed by atoms with Crippen LogP contribution in [-0.4, -0.2) is 23.5 Å². The van der Waals surface area contributed by atoms with Crippen molar-refractivity contribution < 1.29 is 0 Å². The van der Waals surface area contributed by atoms with Crippen LogP contribution in [0.1, 0.15) is 43.7 Å². The van der Waals surface area contributed by atoms with E-state index < -0.39 is 0 Å². The molecule has 0 amide bonds. The van der Waals surface area contributed by atoms with Crippen LogP contribution < -0.4 is 0 Å². The molecular weight excluding hydrogens is 230 g/mol. The van der Waals surface area contributed by atoms with Crippen LogP contribution >= 0.6 is 0 Å². The Morgan fingerprint density at radius 2 is 2.11 bits per heavy atom. The Hall–Kier alpha value is -1.08. The molecule has 1 aliphatic heterocycles. The summed E-state index contributed by atoms with van der Waals surface area (Å²) in [6.07, 6.45) is 6.04. The Balaban J connectivity index is 1.87. The van der Waals surface area contributed by atoms with Crippen molar-refractivity contribution in [3.63, 3.8) is 0 Å². The molecule has 1 fully saturated rings. The summed E-state index contributed by atoms with van der Waals surface area (Å²) in [5, 5.41) is 0. The van der Waals surface area contributed by atoms with Crippen molar-refractivity contribution in [1.29, 1.82) is 0 Å². The number of benzene rings is 1. The van der Waals surface area contributed by atoms with Gasteiger partial charge >= 0.3 is 0 Å². The zero-order valence-electron chi connectivity index (χ0n) is 12.2. The van der Waals surface area contributed by atoms with Crippen LogP contribution in [0.3, 0.4) is 0 Å². The quantitative estimate of drug-likeness (QED) is 0.722. The molecule has 102 valence electrons. The van der Waals surface area contributed by atoms with E-state index in [0.717, 1.165) is 11.8 Å². The van der Waals surface area contributed by atoms with Crippen LogP contribution in [0.25, 0.3) is 0 Å². The Kier molecular flexibility index (Phi) is 3.26. The van der Waals surface area contributed by atoms with Gasteiger partial charge in [-0.1, -0.05) is 30.3 Å². The second-order valence-corrected chi connectivity index (χ2v) is 6.79. The monoisotopic (exact) mass is 255 g/mol. The molecule has 2 unspecified atom stereocenters. The maximum absolute atomic E-state index is 4.02. The van der Waals surface area contributed by atoms with Gasteiger partial charge in [-0.25, -0.2) is 0 Å². The Labute approximate surface area is 117 Å². The summed E-state index contributed by atoms with van der Waals surface area (Å²) >= 11 is 0. The first-order chi connectivity index (χ1) is 9.10. The van der Waals surface area contributed by atoms with E-state index in [1.54, 1.807) is 11.1 Å². The predicted octanol–water partition coefficient (Wildman–Crippen LogP) is 4.00. The van der Waals surface area contributed by atoms with E-state index >= 15 is 0 Å². The van der Waals surface area contributed by atoms with E-state index in [4.69, 9.17) is 0 Å². The normalized spacial score (nSPS) is 27.5. The molecule has 1 heteroatoms. The van der Waals surface area contributed by atoms with Crippen molar-refractivity contribution >= 4 is 0 Å². The standard InChI is InChI=1S/C18H25N/c1-4-18(2,3)19-10-9-16-12-14(13-19)11-15-7-5-6-8-17(15)16/h4-8,14,16H,1,9-13H2,2-3H3. The lowest BCUT2D eigenvalue weighted by Crippen LogP contribution is -2.44. The highest BCUT2D eigenvalue weighted by atomic mass is 15.2. The fraction of sp³-hybridized carbons (Fsp3) is 0.556. The molecule has 0 N–H and O–H groups in total. The fourth-order valence-electron chi connectivity index (χ4n) is 3.82. The van der Waals surface area contributed by atoms with Crippen molar-refractivity contribution in [3.8, 4) is 0 Å². The van der Waals surface area contributed by atoms with E-state index in [0.29, 0.717) is 0 Å². The highest BCUT2D eigenvalue weighted by molar-refractivity contribution is 5.33. The molecule has 0 aromatic heterocycles. The minimum atomic E-state index is 0.129. The van der Waals surface area contributed by atoms with Crippen LogP contribution in [0.4, 0.5) is 0 Å². The second-order valence-electron chi connectivity index (χ2n) is 6.79. The first-order valence-electron chi connectivity index (χ1n) is 7.56. The molecule has 19 heavy (non-hydrogen) atoms. The van der Waals surface area contributed by atoms with Gasteiger partial charge in [0.05, 0.1) is 0 Å². The molecule has 3 rings (SSSR count). The van der Waals surface area contributed by atoms with Crippen LogP contribution in [-0.2, 0) is 6.42 Å². The number of fused-ring (bicyclic) bond motifs is 4. The van der Waals surface area contributed by atoms with Gasteiger partial charge in [-0.3, -0.25) is 4.90 Å². The first-order valence-corrected chi connectivity index (χ1v) is 7.56. The topological polar surface area (TPSA) is 3.24 Å². The van der Waals surface area contributed by atoms with Crippen molar-refractivity contribution in [2.45, 2.75) is 44.6 Å². The van der Waals surface area contributed by atoms with Gasteiger partial charge in [0.2, 0.25) is 0 Å². The fourth-order valence-corrected chi connectivity index (χ4v) is 3.82. The summed E-state index contributed by atoms with van der Waals surface area (Å²) in [6.45, 7) is 11.0. The van der Waals surface area contributed by atoms with Crippen molar-refractivity contribution in [3.05, 3.63) is 48.0 Å². The number of likely N-dealkylation sites (tertiary alicyclic amines) is 1. The highest BCUT2D eigenvalue weighted by Crippen LogP contribution is 2.40. The molecule has 1 saturated heterocycles. The minimum Gasteiger partial charge on any atom is -0.294 e. The molecular formula is C18H25N. The van der Waals surface area contributed by atoms with Crippen LogP contribution in [0.15, 0.2) is 36.9 Å². The van der Waals surface area contributed by atoms with Gasteiger partial charge in [-0.2, -0.15) is 0 Å². The minimum absolute atomic E-state index is 0.129. The van der Waals surface area contributed by atoms with Crippen LogP contribution in [0.2, 0.25) is 0 Å². The molecule has 2 atom stereocenters. The van der Waals surface area contributed by atoms with Gasteiger partial charge < -0.3 is 0 Å². The summed E-state index contributed by atoms with van der Waals surface area (Å²) in [6, 6.07) is 9.09. The largest absolute Gasteiger partial charge is 0.294 e. The Morgan fingerprint density at radius 3 is 2.89 bits per heavy atom. The SMILES string of the molecule is C=CC(C)(C)N1CCC2CC(Cc3ccccc32)C1.